The molecule has 5 nitrogen and oxygen atoms in total. The van der Waals surface area contributed by atoms with Gasteiger partial charge in [-0.2, -0.15) is 0 Å². The molecule has 1 aliphatic heterocycles. The van der Waals surface area contributed by atoms with Crippen LogP contribution in [0.2, 0.25) is 0 Å². The minimum Gasteiger partial charge on any atom is -0.465 e. The van der Waals surface area contributed by atoms with Crippen LogP contribution in [0.1, 0.15) is 26.5 Å². The maximum atomic E-state index is 12.3. The van der Waals surface area contributed by atoms with Gasteiger partial charge in [0.25, 0.3) is 5.56 Å². The van der Waals surface area contributed by atoms with Crippen LogP contribution in [0.15, 0.2) is 14.8 Å². The molecule has 0 bridgehead atoms. The zero-order valence-corrected chi connectivity index (χ0v) is 13.6. The maximum absolute atomic E-state index is 12.3. The summed E-state index contributed by atoms with van der Waals surface area (Å²) in [5, 5.41) is 0.578. The molecule has 7 heteroatoms. The van der Waals surface area contributed by atoms with Crippen molar-refractivity contribution in [2.24, 2.45) is 7.05 Å². The van der Waals surface area contributed by atoms with Crippen molar-refractivity contribution in [1.82, 2.24) is 9.55 Å². The third-order valence-corrected chi connectivity index (χ3v) is 5.32. The summed E-state index contributed by atoms with van der Waals surface area (Å²) in [6.07, 6.45) is 0.803. The van der Waals surface area contributed by atoms with Crippen LogP contribution in [0, 0.1) is 0 Å². The van der Waals surface area contributed by atoms with Gasteiger partial charge in [0.15, 0.2) is 5.16 Å². The Balaban J connectivity index is 2.26. The minimum absolute atomic E-state index is 0.0251. The van der Waals surface area contributed by atoms with E-state index in [2.05, 4.69) is 11.9 Å². The van der Waals surface area contributed by atoms with Gasteiger partial charge in [-0.05, 0) is 13.8 Å². The molecule has 1 aromatic heterocycles. The first-order chi connectivity index (χ1) is 9.43. The number of rotatable bonds is 4. The van der Waals surface area contributed by atoms with Gasteiger partial charge in [-0.15, -0.1) is 11.8 Å². The SMILES string of the molecule is CCOC(=O)[C@@H](C)Sc1nc2c(c(=O)n1C)S[C@@H](C)C2. The molecule has 0 fully saturated rings. The van der Waals surface area contributed by atoms with E-state index in [1.165, 1.54) is 16.3 Å². The molecule has 2 atom stereocenters. The third-order valence-electron chi connectivity index (χ3n) is 2.98. The van der Waals surface area contributed by atoms with Gasteiger partial charge >= 0.3 is 5.97 Å². The van der Waals surface area contributed by atoms with Crippen LogP contribution >= 0.6 is 23.5 Å². The molecular formula is C13H18N2O3S2. The minimum atomic E-state index is -0.377. The molecule has 0 aromatic carbocycles. The predicted molar refractivity (Wildman–Crippen MR) is 80.5 cm³/mol. The lowest BCUT2D eigenvalue weighted by molar-refractivity contribution is -0.142. The standard InChI is InChI=1S/C13H18N2O3S2/c1-5-18-12(17)8(3)20-13-14-9-6-7(2)19-10(9)11(16)15(13)4/h7-8H,5-6H2,1-4H3/t7-,8+/m0/s1. The van der Waals surface area contributed by atoms with Crippen molar-refractivity contribution in [3.8, 4) is 0 Å². The van der Waals surface area contributed by atoms with Crippen molar-refractivity contribution in [3.05, 3.63) is 16.0 Å². The van der Waals surface area contributed by atoms with Gasteiger partial charge in [0, 0.05) is 18.7 Å². The van der Waals surface area contributed by atoms with E-state index in [0.717, 1.165) is 17.0 Å². The van der Waals surface area contributed by atoms with E-state index in [4.69, 9.17) is 4.74 Å². The number of hydrogen-bond donors (Lipinski definition) is 0. The van der Waals surface area contributed by atoms with Crippen molar-refractivity contribution in [2.45, 2.75) is 47.7 Å². The van der Waals surface area contributed by atoms with Crippen LogP contribution in [0.25, 0.3) is 0 Å². The number of carbonyl (C=O) groups is 1. The average molecular weight is 314 g/mol. The second-order valence-electron chi connectivity index (χ2n) is 4.68. The molecule has 0 amide bonds. The fraction of sp³-hybridized carbons (Fsp3) is 0.615. The Hall–Kier alpha value is -0.950. The Labute approximate surface area is 126 Å². The first-order valence-electron chi connectivity index (χ1n) is 6.53. The second-order valence-corrected chi connectivity index (χ2v) is 7.44. The summed E-state index contributed by atoms with van der Waals surface area (Å²) in [5.41, 5.74) is 0.826. The number of hydrogen-bond acceptors (Lipinski definition) is 6. The molecular weight excluding hydrogens is 296 g/mol. The van der Waals surface area contributed by atoms with Gasteiger partial charge in [-0.3, -0.25) is 14.2 Å². The lowest BCUT2D eigenvalue weighted by Gasteiger charge is -2.13. The lowest BCUT2D eigenvalue weighted by atomic mass is 10.2. The Kier molecular flexibility index (Phi) is 4.80. The summed E-state index contributed by atoms with van der Waals surface area (Å²) in [5.74, 6) is -0.282. The van der Waals surface area contributed by atoms with Gasteiger partial charge in [0.1, 0.15) is 5.25 Å². The normalized spacial score (nSPS) is 18.7. The fourth-order valence-corrected chi connectivity index (χ4v) is 3.98. The molecule has 0 N–H and O–H groups in total. The summed E-state index contributed by atoms with van der Waals surface area (Å²) in [6.45, 7) is 5.98. The molecule has 110 valence electrons. The molecule has 0 saturated heterocycles. The van der Waals surface area contributed by atoms with Gasteiger partial charge in [-0.1, -0.05) is 18.7 Å². The molecule has 0 saturated carbocycles. The quantitative estimate of drug-likeness (QED) is 0.480. The number of nitrogens with zero attached hydrogens (tertiary/aromatic N) is 2. The molecule has 0 spiro atoms. The van der Waals surface area contributed by atoms with E-state index in [-0.39, 0.29) is 16.8 Å². The molecule has 20 heavy (non-hydrogen) atoms. The van der Waals surface area contributed by atoms with Crippen LogP contribution in [0.3, 0.4) is 0 Å². The van der Waals surface area contributed by atoms with Crippen molar-refractivity contribution in [3.63, 3.8) is 0 Å². The Morgan fingerprint density at radius 2 is 2.35 bits per heavy atom. The molecule has 1 aliphatic rings. The second kappa shape index (κ2) is 6.22. The highest BCUT2D eigenvalue weighted by Crippen LogP contribution is 2.34. The Bertz CT molecular complexity index is 586. The number of carbonyl (C=O) groups excluding carboxylic acids is 1. The summed E-state index contributed by atoms with van der Waals surface area (Å²) in [7, 11) is 1.69. The molecule has 0 radical (unpaired) electrons. The van der Waals surface area contributed by atoms with E-state index in [1.54, 1.807) is 32.7 Å². The average Bonchev–Trinajstić information content (AvgIpc) is 2.76. The molecule has 2 heterocycles. The molecule has 1 aromatic rings. The number of aromatic nitrogens is 2. The van der Waals surface area contributed by atoms with Crippen LogP contribution < -0.4 is 5.56 Å². The summed E-state index contributed by atoms with van der Waals surface area (Å²) in [6, 6.07) is 0. The highest BCUT2D eigenvalue weighted by molar-refractivity contribution is 8.00. The largest absolute Gasteiger partial charge is 0.465 e. The zero-order chi connectivity index (χ0) is 14.9. The molecule has 0 unspecified atom stereocenters. The van der Waals surface area contributed by atoms with Crippen LogP contribution in [0.4, 0.5) is 0 Å². The summed E-state index contributed by atoms with van der Waals surface area (Å²) in [4.78, 5) is 29.2. The summed E-state index contributed by atoms with van der Waals surface area (Å²) < 4.78 is 6.49. The maximum Gasteiger partial charge on any atom is 0.319 e. The van der Waals surface area contributed by atoms with Crippen molar-refractivity contribution in [1.29, 1.82) is 0 Å². The van der Waals surface area contributed by atoms with Gasteiger partial charge < -0.3 is 4.74 Å². The van der Waals surface area contributed by atoms with Crippen LogP contribution in [0.5, 0.6) is 0 Å². The highest BCUT2D eigenvalue weighted by atomic mass is 32.2. The number of fused-ring (bicyclic) bond motifs is 1. The van der Waals surface area contributed by atoms with E-state index in [9.17, 15) is 9.59 Å². The number of thioether (sulfide) groups is 2. The number of ether oxygens (including phenoxy) is 1. The predicted octanol–water partition coefficient (Wildman–Crippen LogP) is 1.86. The van der Waals surface area contributed by atoms with E-state index in [1.807, 2.05) is 0 Å². The number of esters is 1. The van der Waals surface area contributed by atoms with Crippen LogP contribution in [-0.2, 0) is 23.0 Å². The lowest BCUT2D eigenvalue weighted by Crippen LogP contribution is -2.24. The van der Waals surface area contributed by atoms with E-state index < -0.39 is 0 Å². The van der Waals surface area contributed by atoms with E-state index in [0.29, 0.717) is 17.0 Å². The van der Waals surface area contributed by atoms with Crippen molar-refractivity contribution < 1.29 is 9.53 Å². The Morgan fingerprint density at radius 1 is 1.65 bits per heavy atom. The zero-order valence-electron chi connectivity index (χ0n) is 12.0. The fourth-order valence-electron chi connectivity index (χ4n) is 1.95. The van der Waals surface area contributed by atoms with Crippen molar-refractivity contribution >= 4 is 29.5 Å². The van der Waals surface area contributed by atoms with Gasteiger partial charge in [0.2, 0.25) is 0 Å². The van der Waals surface area contributed by atoms with E-state index >= 15 is 0 Å². The first-order valence-corrected chi connectivity index (χ1v) is 8.29. The van der Waals surface area contributed by atoms with Crippen molar-refractivity contribution in [2.75, 3.05) is 6.61 Å². The molecule has 2 rings (SSSR count). The van der Waals surface area contributed by atoms with Gasteiger partial charge in [-0.25, -0.2) is 4.98 Å². The summed E-state index contributed by atoms with van der Waals surface area (Å²) >= 11 is 2.84. The third kappa shape index (κ3) is 3.03. The van der Waals surface area contributed by atoms with Crippen LogP contribution in [-0.4, -0.2) is 32.6 Å². The smallest absolute Gasteiger partial charge is 0.319 e. The monoisotopic (exact) mass is 314 g/mol. The topological polar surface area (TPSA) is 61.2 Å². The molecule has 0 aliphatic carbocycles. The van der Waals surface area contributed by atoms with Gasteiger partial charge in [0.05, 0.1) is 17.2 Å². The first kappa shape index (κ1) is 15.4. The highest BCUT2D eigenvalue weighted by Gasteiger charge is 2.26. The Morgan fingerprint density at radius 3 is 3.00 bits per heavy atom.